The Morgan fingerprint density at radius 1 is 1.00 bits per heavy atom. The van der Waals surface area contributed by atoms with E-state index in [-0.39, 0.29) is 0 Å². The van der Waals surface area contributed by atoms with Crippen LogP contribution in [0, 0.1) is 27.7 Å². The highest BCUT2D eigenvalue weighted by Crippen LogP contribution is 2.33. The number of rotatable bonds is 1. The first kappa shape index (κ1) is 12.7. The topological polar surface area (TPSA) is 43.3 Å². The molecule has 3 aromatic rings. The second kappa shape index (κ2) is 4.37. The number of benzene rings is 1. The molecular weight excluding hydrogens is 246 g/mol. The number of pyridine rings is 1. The molecule has 3 heteroatoms. The van der Waals surface area contributed by atoms with Crippen molar-refractivity contribution in [3.05, 3.63) is 52.7 Å². The van der Waals surface area contributed by atoms with Crippen molar-refractivity contribution in [1.29, 1.82) is 0 Å². The Labute approximate surface area is 119 Å². The molecule has 2 aromatic heterocycles. The van der Waals surface area contributed by atoms with Gasteiger partial charge in [0.1, 0.15) is 17.2 Å². The number of nitrogens with zero attached hydrogens (tertiary/aromatic N) is 2. The monoisotopic (exact) mass is 265 g/mol. The summed E-state index contributed by atoms with van der Waals surface area (Å²) < 4.78 is 2.01. The van der Waals surface area contributed by atoms with Crippen LogP contribution in [-0.2, 0) is 0 Å². The number of imidazole rings is 1. The Balaban J connectivity index is 2.36. The zero-order valence-electron chi connectivity index (χ0n) is 12.4. The molecule has 3 nitrogen and oxygen atoms in total. The minimum atomic E-state index is 0.716. The first-order chi connectivity index (χ1) is 9.49. The summed E-state index contributed by atoms with van der Waals surface area (Å²) in [6, 6.07) is 10.4. The van der Waals surface area contributed by atoms with Gasteiger partial charge in [0.25, 0.3) is 0 Å². The average Bonchev–Trinajstić information content (AvgIpc) is 2.67. The molecule has 0 saturated carbocycles. The van der Waals surface area contributed by atoms with E-state index >= 15 is 0 Å². The fourth-order valence-electron chi connectivity index (χ4n) is 3.02. The Bertz CT molecular complexity index is 789. The molecule has 0 unspecified atom stereocenters. The van der Waals surface area contributed by atoms with E-state index in [0.29, 0.717) is 5.82 Å². The van der Waals surface area contributed by atoms with Crippen LogP contribution in [0.25, 0.3) is 16.9 Å². The van der Waals surface area contributed by atoms with Crippen molar-refractivity contribution in [2.45, 2.75) is 27.7 Å². The predicted octanol–water partition coefficient (Wildman–Crippen LogP) is 3.82. The van der Waals surface area contributed by atoms with Gasteiger partial charge < -0.3 is 5.73 Å². The van der Waals surface area contributed by atoms with E-state index < -0.39 is 0 Å². The summed E-state index contributed by atoms with van der Waals surface area (Å²) >= 11 is 0. The molecule has 102 valence electrons. The minimum absolute atomic E-state index is 0.716. The second-order valence-electron chi connectivity index (χ2n) is 5.48. The van der Waals surface area contributed by atoms with Gasteiger partial charge in [0.05, 0.1) is 0 Å². The SMILES string of the molecule is Cc1cc(C)c(-c2nc3cccc(C)n3c2N)c(C)c1. The van der Waals surface area contributed by atoms with Gasteiger partial charge in [-0.05, 0) is 51.0 Å². The maximum atomic E-state index is 6.35. The molecule has 3 rings (SSSR count). The van der Waals surface area contributed by atoms with Crippen molar-refractivity contribution in [2.24, 2.45) is 0 Å². The van der Waals surface area contributed by atoms with Crippen molar-refractivity contribution < 1.29 is 0 Å². The van der Waals surface area contributed by atoms with Gasteiger partial charge in [-0.25, -0.2) is 4.98 Å². The van der Waals surface area contributed by atoms with E-state index in [2.05, 4.69) is 32.9 Å². The van der Waals surface area contributed by atoms with Gasteiger partial charge in [0.15, 0.2) is 0 Å². The van der Waals surface area contributed by atoms with Crippen LogP contribution in [0.2, 0.25) is 0 Å². The van der Waals surface area contributed by atoms with E-state index in [0.717, 1.165) is 22.6 Å². The Morgan fingerprint density at radius 2 is 1.65 bits per heavy atom. The van der Waals surface area contributed by atoms with Crippen LogP contribution < -0.4 is 5.73 Å². The van der Waals surface area contributed by atoms with Crippen LogP contribution in [0.5, 0.6) is 0 Å². The molecule has 0 fully saturated rings. The van der Waals surface area contributed by atoms with Gasteiger partial charge in [-0.1, -0.05) is 23.8 Å². The molecule has 0 bridgehead atoms. The van der Waals surface area contributed by atoms with Crippen LogP contribution in [0.4, 0.5) is 5.82 Å². The summed E-state index contributed by atoms with van der Waals surface area (Å²) in [5.74, 6) is 0.716. The van der Waals surface area contributed by atoms with Gasteiger partial charge >= 0.3 is 0 Å². The van der Waals surface area contributed by atoms with Crippen LogP contribution >= 0.6 is 0 Å². The quantitative estimate of drug-likeness (QED) is 0.727. The fourth-order valence-corrected chi connectivity index (χ4v) is 3.02. The van der Waals surface area contributed by atoms with E-state index in [4.69, 9.17) is 10.7 Å². The Kier molecular flexibility index (Phi) is 2.78. The second-order valence-corrected chi connectivity index (χ2v) is 5.48. The number of nitrogen functional groups attached to an aromatic ring is 1. The number of anilines is 1. The molecular formula is C17H19N3. The average molecular weight is 265 g/mol. The van der Waals surface area contributed by atoms with E-state index in [1.807, 2.05) is 29.5 Å². The lowest BCUT2D eigenvalue weighted by atomic mass is 9.97. The number of aromatic nitrogens is 2. The van der Waals surface area contributed by atoms with Crippen molar-refractivity contribution in [2.75, 3.05) is 5.73 Å². The third-order valence-corrected chi connectivity index (χ3v) is 3.79. The van der Waals surface area contributed by atoms with E-state index in [1.54, 1.807) is 0 Å². The van der Waals surface area contributed by atoms with Gasteiger partial charge in [-0.15, -0.1) is 0 Å². The van der Waals surface area contributed by atoms with E-state index in [1.165, 1.54) is 16.7 Å². The molecule has 20 heavy (non-hydrogen) atoms. The normalized spacial score (nSPS) is 11.2. The Hall–Kier alpha value is -2.29. The number of nitrogens with two attached hydrogens (primary N) is 1. The summed E-state index contributed by atoms with van der Waals surface area (Å²) in [6.45, 7) is 8.39. The Morgan fingerprint density at radius 3 is 2.25 bits per heavy atom. The molecule has 2 N–H and O–H groups in total. The third-order valence-electron chi connectivity index (χ3n) is 3.79. The van der Waals surface area contributed by atoms with Crippen LogP contribution in [0.1, 0.15) is 22.4 Å². The standard InChI is InChI=1S/C17H19N3/c1-10-8-11(2)15(12(3)9-10)16-17(18)20-13(4)6-5-7-14(20)19-16/h5-9H,18H2,1-4H3. The van der Waals surface area contributed by atoms with Gasteiger partial charge in [-0.3, -0.25) is 4.40 Å². The maximum Gasteiger partial charge on any atom is 0.139 e. The zero-order valence-corrected chi connectivity index (χ0v) is 12.4. The molecule has 0 spiro atoms. The molecule has 0 amide bonds. The number of fused-ring (bicyclic) bond motifs is 1. The number of hydrogen-bond acceptors (Lipinski definition) is 2. The lowest BCUT2D eigenvalue weighted by molar-refractivity contribution is 1.10. The minimum Gasteiger partial charge on any atom is -0.383 e. The third kappa shape index (κ3) is 1.78. The van der Waals surface area contributed by atoms with Crippen molar-refractivity contribution >= 4 is 11.5 Å². The van der Waals surface area contributed by atoms with Crippen LogP contribution in [0.3, 0.4) is 0 Å². The van der Waals surface area contributed by atoms with E-state index in [9.17, 15) is 0 Å². The highest BCUT2D eigenvalue weighted by molar-refractivity contribution is 5.79. The molecule has 0 aliphatic carbocycles. The molecule has 2 heterocycles. The lowest BCUT2D eigenvalue weighted by Gasteiger charge is -2.10. The summed E-state index contributed by atoms with van der Waals surface area (Å²) in [5, 5.41) is 0. The lowest BCUT2D eigenvalue weighted by Crippen LogP contribution is -1.98. The molecule has 0 radical (unpaired) electrons. The van der Waals surface area contributed by atoms with Crippen molar-refractivity contribution in [3.63, 3.8) is 0 Å². The largest absolute Gasteiger partial charge is 0.383 e. The summed E-state index contributed by atoms with van der Waals surface area (Å²) in [4.78, 5) is 4.73. The van der Waals surface area contributed by atoms with Crippen molar-refractivity contribution in [3.8, 4) is 11.3 Å². The summed E-state index contributed by atoms with van der Waals surface area (Å²) in [7, 11) is 0. The highest BCUT2D eigenvalue weighted by Gasteiger charge is 2.16. The number of aryl methyl sites for hydroxylation is 4. The molecule has 0 aliphatic rings. The zero-order chi connectivity index (χ0) is 14.4. The highest BCUT2D eigenvalue weighted by atomic mass is 15.1. The fraction of sp³-hybridized carbons (Fsp3) is 0.235. The maximum absolute atomic E-state index is 6.35. The summed E-state index contributed by atoms with van der Waals surface area (Å²) in [6.07, 6.45) is 0. The van der Waals surface area contributed by atoms with Crippen LogP contribution in [0.15, 0.2) is 30.3 Å². The van der Waals surface area contributed by atoms with Gasteiger partial charge in [-0.2, -0.15) is 0 Å². The summed E-state index contributed by atoms with van der Waals surface area (Å²) in [5.41, 5.74) is 14.1. The van der Waals surface area contributed by atoms with Gasteiger partial charge in [0.2, 0.25) is 0 Å². The first-order valence-electron chi connectivity index (χ1n) is 6.81. The molecule has 0 saturated heterocycles. The molecule has 0 aliphatic heterocycles. The molecule has 0 atom stereocenters. The van der Waals surface area contributed by atoms with Crippen LogP contribution in [-0.4, -0.2) is 9.38 Å². The number of hydrogen-bond donors (Lipinski definition) is 1. The van der Waals surface area contributed by atoms with Crippen molar-refractivity contribution in [1.82, 2.24) is 9.38 Å². The van der Waals surface area contributed by atoms with Gasteiger partial charge in [0, 0.05) is 11.3 Å². The first-order valence-corrected chi connectivity index (χ1v) is 6.81. The molecule has 1 aromatic carbocycles. The smallest absolute Gasteiger partial charge is 0.139 e. The predicted molar refractivity (Wildman–Crippen MR) is 84.0 cm³/mol.